The van der Waals surface area contributed by atoms with E-state index in [1.54, 1.807) is 0 Å². The van der Waals surface area contributed by atoms with Gasteiger partial charge in [0.1, 0.15) is 0 Å². The van der Waals surface area contributed by atoms with Crippen molar-refractivity contribution in [1.29, 1.82) is 0 Å². The first-order valence-corrected chi connectivity index (χ1v) is 8.91. The number of aromatic nitrogens is 2. The lowest BCUT2D eigenvalue weighted by atomic mass is 10.3. The van der Waals surface area contributed by atoms with E-state index in [9.17, 15) is 0 Å². The van der Waals surface area contributed by atoms with Crippen molar-refractivity contribution in [3.63, 3.8) is 0 Å². The van der Waals surface area contributed by atoms with Crippen molar-refractivity contribution in [3.8, 4) is 0 Å². The summed E-state index contributed by atoms with van der Waals surface area (Å²) in [5, 5.41) is 8.46. The summed E-state index contributed by atoms with van der Waals surface area (Å²) < 4.78 is 1.96. The van der Waals surface area contributed by atoms with Crippen molar-refractivity contribution in [2.24, 2.45) is 4.99 Å². The summed E-state index contributed by atoms with van der Waals surface area (Å²) in [6.07, 6.45) is 5.18. The minimum atomic E-state index is 0.733. The fourth-order valence-corrected chi connectivity index (χ4v) is 3.61. The molecular weight excluding hydrogens is 282 g/mol. The van der Waals surface area contributed by atoms with Crippen LogP contribution in [0.2, 0.25) is 0 Å². The highest BCUT2D eigenvalue weighted by atomic mass is 32.2. The molecule has 1 N–H and O–H groups in total. The number of nitrogens with zero attached hydrogens (tertiary/aromatic N) is 4. The van der Waals surface area contributed by atoms with Crippen molar-refractivity contribution in [2.75, 3.05) is 31.9 Å². The van der Waals surface area contributed by atoms with Gasteiger partial charge in [0.25, 0.3) is 0 Å². The maximum absolute atomic E-state index is 4.77. The number of hydrogen-bond acceptors (Lipinski definition) is 3. The Morgan fingerprint density at radius 1 is 1.52 bits per heavy atom. The van der Waals surface area contributed by atoms with E-state index in [4.69, 9.17) is 4.99 Å². The Bertz CT molecular complexity index is 457. The standard InChI is InChI=1S/C15H27N5S/c1-4-14-12-19(8-9-21-14)15(16-5-2)17-6-7-20-11-13(3)10-18-20/h10-11,14H,4-9,12H2,1-3H3,(H,16,17). The first kappa shape index (κ1) is 16.2. The fraction of sp³-hybridized carbons (Fsp3) is 0.733. The molecule has 6 heteroatoms. The lowest BCUT2D eigenvalue weighted by Crippen LogP contribution is -2.48. The van der Waals surface area contributed by atoms with E-state index in [-0.39, 0.29) is 0 Å². The third-order valence-electron chi connectivity index (χ3n) is 3.58. The average Bonchev–Trinajstić information content (AvgIpc) is 2.92. The van der Waals surface area contributed by atoms with E-state index in [2.05, 4.69) is 54.0 Å². The van der Waals surface area contributed by atoms with Crippen LogP contribution in [-0.2, 0) is 6.54 Å². The molecule has 2 heterocycles. The molecule has 5 nitrogen and oxygen atoms in total. The molecule has 0 saturated carbocycles. The number of aryl methyl sites for hydroxylation is 1. The zero-order chi connectivity index (χ0) is 15.1. The van der Waals surface area contributed by atoms with Crippen molar-refractivity contribution in [3.05, 3.63) is 18.0 Å². The summed E-state index contributed by atoms with van der Waals surface area (Å²) in [5.41, 5.74) is 1.20. The van der Waals surface area contributed by atoms with Gasteiger partial charge < -0.3 is 10.2 Å². The molecule has 118 valence electrons. The number of guanidine groups is 1. The van der Waals surface area contributed by atoms with Gasteiger partial charge in [-0.05, 0) is 25.8 Å². The second-order valence-corrected chi connectivity index (χ2v) is 6.77. The first-order valence-electron chi connectivity index (χ1n) is 7.86. The molecule has 1 atom stereocenters. The van der Waals surface area contributed by atoms with E-state index in [1.807, 2.05) is 10.9 Å². The number of rotatable bonds is 5. The molecule has 0 radical (unpaired) electrons. The molecule has 1 saturated heterocycles. The van der Waals surface area contributed by atoms with Gasteiger partial charge in [-0.2, -0.15) is 16.9 Å². The molecule has 1 aliphatic rings. The molecule has 21 heavy (non-hydrogen) atoms. The Morgan fingerprint density at radius 2 is 2.38 bits per heavy atom. The van der Waals surface area contributed by atoms with Crippen LogP contribution in [0.3, 0.4) is 0 Å². The molecule has 0 aromatic carbocycles. The van der Waals surface area contributed by atoms with Crippen molar-refractivity contribution >= 4 is 17.7 Å². The van der Waals surface area contributed by atoms with Crippen LogP contribution >= 0.6 is 11.8 Å². The number of hydrogen-bond donors (Lipinski definition) is 1. The van der Waals surface area contributed by atoms with Crippen LogP contribution in [0.1, 0.15) is 25.8 Å². The maximum atomic E-state index is 4.77. The third kappa shape index (κ3) is 4.95. The third-order valence-corrected chi connectivity index (χ3v) is 4.95. The molecule has 1 aromatic rings. The highest BCUT2D eigenvalue weighted by molar-refractivity contribution is 8.00. The van der Waals surface area contributed by atoms with E-state index in [1.165, 1.54) is 17.7 Å². The number of aliphatic imine (C=N–C) groups is 1. The van der Waals surface area contributed by atoms with Crippen molar-refractivity contribution < 1.29 is 0 Å². The Balaban J connectivity index is 1.91. The quantitative estimate of drug-likeness (QED) is 0.667. The molecule has 1 aromatic heterocycles. The SMILES string of the molecule is CCNC(=NCCn1cc(C)cn1)N1CCSC(CC)C1. The second kappa shape index (κ2) is 8.32. The van der Waals surface area contributed by atoms with Gasteiger partial charge in [0, 0.05) is 36.8 Å². The smallest absolute Gasteiger partial charge is 0.194 e. The van der Waals surface area contributed by atoms with Crippen LogP contribution in [0.15, 0.2) is 17.4 Å². The van der Waals surface area contributed by atoms with Gasteiger partial charge in [-0.15, -0.1) is 0 Å². The minimum absolute atomic E-state index is 0.733. The number of thioether (sulfide) groups is 1. The van der Waals surface area contributed by atoms with E-state index < -0.39 is 0 Å². The van der Waals surface area contributed by atoms with Crippen LogP contribution in [0.5, 0.6) is 0 Å². The van der Waals surface area contributed by atoms with Crippen molar-refractivity contribution in [2.45, 2.75) is 39.0 Å². The highest BCUT2D eigenvalue weighted by Gasteiger charge is 2.21. The molecule has 0 aliphatic carbocycles. The molecule has 0 spiro atoms. The zero-order valence-electron chi connectivity index (χ0n) is 13.4. The molecule has 1 fully saturated rings. The molecule has 0 bridgehead atoms. The molecule has 1 aliphatic heterocycles. The van der Waals surface area contributed by atoms with Gasteiger partial charge in [0.05, 0.1) is 19.3 Å². The van der Waals surface area contributed by atoms with Crippen LogP contribution in [0.25, 0.3) is 0 Å². The predicted octanol–water partition coefficient (Wildman–Crippen LogP) is 1.98. The Labute approximate surface area is 132 Å². The summed E-state index contributed by atoms with van der Waals surface area (Å²) >= 11 is 2.09. The van der Waals surface area contributed by atoms with Crippen LogP contribution in [0.4, 0.5) is 0 Å². The first-order chi connectivity index (χ1) is 10.2. The minimum Gasteiger partial charge on any atom is -0.357 e. The normalized spacial score (nSPS) is 19.9. The van der Waals surface area contributed by atoms with Gasteiger partial charge >= 0.3 is 0 Å². The Kier molecular flexibility index (Phi) is 6.42. The van der Waals surface area contributed by atoms with Crippen molar-refractivity contribution in [1.82, 2.24) is 20.0 Å². The van der Waals surface area contributed by atoms with E-state index >= 15 is 0 Å². The second-order valence-electron chi connectivity index (χ2n) is 5.36. The van der Waals surface area contributed by atoms with Gasteiger partial charge in [0.15, 0.2) is 5.96 Å². The van der Waals surface area contributed by atoms with Gasteiger partial charge in [-0.25, -0.2) is 0 Å². The van der Waals surface area contributed by atoms with Crippen LogP contribution < -0.4 is 5.32 Å². The van der Waals surface area contributed by atoms with E-state index in [0.717, 1.165) is 43.9 Å². The summed E-state index contributed by atoms with van der Waals surface area (Å²) in [6, 6.07) is 0. The fourth-order valence-electron chi connectivity index (χ4n) is 2.43. The van der Waals surface area contributed by atoms with E-state index in [0.29, 0.717) is 0 Å². The monoisotopic (exact) mass is 309 g/mol. The van der Waals surface area contributed by atoms with Gasteiger partial charge in [-0.1, -0.05) is 6.92 Å². The lowest BCUT2D eigenvalue weighted by molar-refractivity contribution is 0.407. The molecule has 2 rings (SSSR count). The Morgan fingerprint density at radius 3 is 3.05 bits per heavy atom. The summed E-state index contributed by atoms with van der Waals surface area (Å²) in [5.74, 6) is 2.25. The lowest BCUT2D eigenvalue weighted by Gasteiger charge is -2.34. The van der Waals surface area contributed by atoms with Gasteiger partial charge in [-0.3, -0.25) is 9.67 Å². The molecule has 1 unspecified atom stereocenters. The highest BCUT2D eigenvalue weighted by Crippen LogP contribution is 2.20. The maximum Gasteiger partial charge on any atom is 0.194 e. The summed E-state index contributed by atoms with van der Waals surface area (Å²) in [7, 11) is 0. The summed E-state index contributed by atoms with van der Waals surface area (Å²) in [4.78, 5) is 7.18. The van der Waals surface area contributed by atoms with Crippen LogP contribution in [0, 0.1) is 6.92 Å². The largest absolute Gasteiger partial charge is 0.357 e. The summed E-state index contributed by atoms with van der Waals surface area (Å²) in [6.45, 7) is 11.2. The van der Waals surface area contributed by atoms with Crippen LogP contribution in [-0.4, -0.2) is 57.8 Å². The predicted molar refractivity (Wildman–Crippen MR) is 91.1 cm³/mol. The van der Waals surface area contributed by atoms with Gasteiger partial charge in [0.2, 0.25) is 0 Å². The Hall–Kier alpha value is -1.17. The topological polar surface area (TPSA) is 45.5 Å². The number of nitrogens with one attached hydrogen (secondary N) is 1. The molecular formula is C15H27N5S. The molecule has 0 amide bonds. The zero-order valence-corrected chi connectivity index (χ0v) is 14.2. The average molecular weight is 309 g/mol.